The molecule has 2 amide bonds. The van der Waals surface area contributed by atoms with Crippen molar-refractivity contribution in [1.82, 2.24) is 20.8 Å². The average molecular weight is 458 g/mol. The van der Waals surface area contributed by atoms with E-state index >= 15 is 0 Å². The third-order valence-corrected chi connectivity index (χ3v) is 5.01. The van der Waals surface area contributed by atoms with E-state index in [9.17, 15) is 18.4 Å². The van der Waals surface area contributed by atoms with Gasteiger partial charge in [-0.2, -0.15) is 0 Å². The molecule has 11 heteroatoms. The number of rotatable bonds is 9. The zero-order chi connectivity index (χ0) is 24.0. The number of carbonyl (C=O) groups excluding carboxylic acids is 2. The molecule has 0 saturated heterocycles. The number of aromatic amines is 1. The number of halogens is 2. The molecule has 0 bridgehead atoms. The molecule has 0 radical (unpaired) electrons. The highest BCUT2D eigenvalue weighted by atomic mass is 19.2. The summed E-state index contributed by atoms with van der Waals surface area (Å²) in [6.07, 6.45) is 3.42. The van der Waals surface area contributed by atoms with Gasteiger partial charge in [0, 0.05) is 29.2 Å². The van der Waals surface area contributed by atoms with Crippen LogP contribution in [0.25, 0.3) is 10.9 Å². The van der Waals surface area contributed by atoms with Crippen LogP contribution in [0.1, 0.15) is 22.3 Å². The molecular weight excluding hydrogens is 434 g/mol. The van der Waals surface area contributed by atoms with E-state index in [0.717, 1.165) is 34.7 Å². The van der Waals surface area contributed by atoms with Gasteiger partial charge in [0.05, 0.1) is 19.0 Å². The lowest BCUT2D eigenvalue weighted by Crippen LogP contribution is -2.42. The number of nitrogens with zero attached hydrogens (tertiary/aromatic N) is 1. The summed E-state index contributed by atoms with van der Waals surface area (Å²) in [6.45, 7) is -0.125. The lowest BCUT2D eigenvalue weighted by Gasteiger charge is -2.26. The lowest BCUT2D eigenvalue weighted by molar-refractivity contribution is -0.130. The number of amides is 2. The Morgan fingerprint density at radius 1 is 1.15 bits per heavy atom. The van der Waals surface area contributed by atoms with Crippen molar-refractivity contribution in [3.05, 3.63) is 83.3 Å². The standard InChI is InChI=1S/C22H24F2N6O3/c23-18-3-2-15(9-19(18)24)22(32)28-11-16(25)12-30(26)17(10-21(31)29-33)8-13-1-4-20-14(7-13)5-6-27-20/h1-7,9,12,17,27,33H,8,10-11,25-26H2,(H,28,32)(H,29,31)/b16-12-/t17-/m1/s1. The summed E-state index contributed by atoms with van der Waals surface area (Å²) in [5.74, 6) is 2.65. The molecule has 1 atom stereocenters. The third-order valence-electron chi connectivity index (χ3n) is 5.01. The van der Waals surface area contributed by atoms with Gasteiger partial charge in [0.25, 0.3) is 5.91 Å². The van der Waals surface area contributed by atoms with Gasteiger partial charge in [0.15, 0.2) is 11.6 Å². The molecule has 9 nitrogen and oxygen atoms in total. The third kappa shape index (κ3) is 6.28. The van der Waals surface area contributed by atoms with Crippen LogP contribution in [0.15, 0.2) is 60.6 Å². The largest absolute Gasteiger partial charge is 0.399 e. The second kappa shape index (κ2) is 10.6. The molecule has 174 valence electrons. The molecule has 1 heterocycles. The number of H-pyrrole nitrogens is 1. The fourth-order valence-electron chi connectivity index (χ4n) is 3.31. The second-order valence-electron chi connectivity index (χ2n) is 7.46. The zero-order valence-corrected chi connectivity index (χ0v) is 17.5. The van der Waals surface area contributed by atoms with Crippen molar-refractivity contribution in [2.75, 3.05) is 6.54 Å². The van der Waals surface area contributed by atoms with Crippen LogP contribution in [-0.2, 0) is 11.2 Å². The van der Waals surface area contributed by atoms with E-state index in [4.69, 9.17) is 16.8 Å². The fraction of sp³-hybridized carbons (Fsp3) is 0.182. The number of nitrogens with one attached hydrogen (secondary N) is 3. The van der Waals surface area contributed by atoms with Crippen LogP contribution in [0, 0.1) is 11.6 Å². The summed E-state index contributed by atoms with van der Waals surface area (Å²) in [4.78, 5) is 27.0. The monoisotopic (exact) mass is 458 g/mol. The zero-order valence-electron chi connectivity index (χ0n) is 17.5. The molecule has 0 aliphatic carbocycles. The minimum Gasteiger partial charge on any atom is -0.399 e. The number of fused-ring (bicyclic) bond motifs is 1. The molecule has 33 heavy (non-hydrogen) atoms. The Hall–Kier alpha value is -3.96. The molecular formula is C22H24F2N6O3. The highest BCUT2D eigenvalue weighted by Crippen LogP contribution is 2.18. The van der Waals surface area contributed by atoms with E-state index in [-0.39, 0.29) is 24.2 Å². The van der Waals surface area contributed by atoms with Gasteiger partial charge in [-0.1, -0.05) is 6.07 Å². The van der Waals surface area contributed by atoms with Gasteiger partial charge >= 0.3 is 0 Å². The Morgan fingerprint density at radius 2 is 1.94 bits per heavy atom. The normalized spacial score (nSPS) is 12.4. The highest BCUT2D eigenvalue weighted by molar-refractivity contribution is 5.94. The molecule has 8 N–H and O–H groups in total. The maximum absolute atomic E-state index is 13.3. The molecule has 0 unspecified atom stereocenters. The van der Waals surface area contributed by atoms with Crippen LogP contribution in [0.5, 0.6) is 0 Å². The van der Waals surface area contributed by atoms with Crippen molar-refractivity contribution in [3.63, 3.8) is 0 Å². The molecule has 0 aliphatic rings. The molecule has 0 saturated carbocycles. The van der Waals surface area contributed by atoms with Crippen molar-refractivity contribution in [1.29, 1.82) is 0 Å². The van der Waals surface area contributed by atoms with Gasteiger partial charge in [0.2, 0.25) is 5.91 Å². The first-order chi connectivity index (χ1) is 15.8. The van der Waals surface area contributed by atoms with Gasteiger partial charge in [-0.15, -0.1) is 0 Å². The van der Waals surface area contributed by atoms with E-state index in [1.54, 1.807) is 5.48 Å². The smallest absolute Gasteiger partial charge is 0.251 e. The van der Waals surface area contributed by atoms with Gasteiger partial charge in [-0.25, -0.2) is 20.1 Å². The van der Waals surface area contributed by atoms with Gasteiger partial charge < -0.3 is 21.0 Å². The van der Waals surface area contributed by atoms with E-state index < -0.39 is 29.5 Å². The topological polar surface area (TPSA) is 150 Å². The average Bonchev–Trinajstić information content (AvgIpc) is 3.26. The van der Waals surface area contributed by atoms with Crippen molar-refractivity contribution in [2.24, 2.45) is 11.6 Å². The summed E-state index contributed by atoms with van der Waals surface area (Å²) >= 11 is 0. The molecule has 3 aromatic rings. The van der Waals surface area contributed by atoms with Crippen LogP contribution in [0.2, 0.25) is 0 Å². The summed E-state index contributed by atoms with van der Waals surface area (Å²) in [5, 5.41) is 13.6. The van der Waals surface area contributed by atoms with Crippen LogP contribution < -0.4 is 22.4 Å². The first kappa shape index (κ1) is 23.7. The minimum absolute atomic E-state index is 0.0658. The Balaban J connectivity index is 1.67. The summed E-state index contributed by atoms with van der Waals surface area (Å²) in [6, 6.07) is 9.90. The molecule has 0 spiro atoms. The van der Waals surface area contributed by atoms with Crippen molar-refractivity contribution in [2.45, 2.75) is 18.9 Å². The Morgan fingerprint density at radius 3 is 2.67 bits per heavy atom. The highest BCUT2D eigenvalue weighted by Gasteiger charge is 2.19. The molecule has 2 aromatic carbocycles. The van der Waals surface area contributed by atoms with Gasteiger partial charge in [-0.3, -0.25) is 14.8 Å². The van der Waals surface area contributed by atoms with Crippen LogP contribution in [0.3, 0.4) is 0 Å². The quantitative estimate of drug-likeness (QED) is 0.163. The fourth-order valence-corrected chi connectivity index (χ4v) is 3.31. The first-order valence-electron chi connectivity index (χ1n) is 9.98. The number of hydroxylamine groups is 1. The second-order valence-corrected chi connectivity index (χ2v) is 7.46. The van der Waals surface area contributed by atoms with Crippen molar-refractivity contribution < 1.29 is 23.6 Å². The summed E-state index contributed by atoms with van der Waals surface area (Å²) in [7, 11) is 0. The first-order valence-corrected chi connectivity index (χ1v) is 9.98. The van der Waals surface area contributed by atoms with Gasteiger partial charge in [0.1, 0.15) is 0 Å². The van der Waals surface area contributed by atoms with E-state index in [2.05, 4.69) is 10.3 Å². The maximum Gasteiger partial charge on any atom is 0.251 e. The molecule has 0 aliphatic heterocycles. The Bertz CT molecular complexity index is 1180. The van der Waals surface area contributed by atoms with Crippen LogP contribution in [0.4, 0.5) is 8.78 Å². The summed E-state index contributed by atoms with van der Waals surface area (Å²) in [5.41, 5.74) is 9.50. The van der Waals surface area contributed by atoms with E-state index in [1.165, 1.54) is 11.2 Å². The van der Waals surface area contributed by atoms with Crippen LogP contribution >= 0.6 is 0 Å². The number of carbonyl (C=O) groups is 2. The lowest BCUT2D eigenvalue weighted by atomic mass is 10.0. The molecule has 0 fully saturated rings. The Labute approximate surface area is 188 Å². The SMILES string of the molecule is N/C(=C\N(N)[C@@H](CC(=O)NO)Cc1ccc2[nH]ccc2c1)CNC(=O)c1ccc(F)c(F)c1. The molecule has 1 aromatic heterocycles. The van der Waals surface area contributed by atoms with Crippen LogP contribution in [-0.4, -0.2) is 39.6 Å². The van der Waals surface area contributed by atoms with E-state index in [0.29, 0.717) is 6.42 Å². The van der Waals surface area contributed by atoms with Crippen molar-refractivity contribution >= 4 is 22.7 Å². The number of benzene rings is 2. The minimum atomic E-state index is -1.14. The number of nitrogens with two attached hydrogens (primary N) is 2. The number of hydrogen-bond donors (Lipinski definition) is 6. The number of hydrazine groups is 1. The predicted octanol–water partition coefficient (Wildman–Crippen LogP) is 1.66. The number of aromatic nitrogens is 1. The van der Waals surface area contributed by atoms with Gasteiger partial charge in [-0.05, 0) is 53.8 Å². The summed E-state index contributed by atoms with van der Waals surface area (Å²) < 4.78 is 26.3. The van der Waals surface area contributed by atoms with E-state index in [1.807, 2.05) is 30.5 Å². The molecule has 3 rings (SSSR count). The maximum atomic E-state index is 13.3. The van der Waals surface area contributed by atoms with Crippen molar-refractivity contribution in [3.8, 4) is 0 Å². The predicted molar refractivity (Wildman–Crippen MR) is 117 cm³/mol. The number of hydrogen-bond acceptors (Lipinski definition) is 6. The Kier molecular flexibility index (Phi) is 7.59.